The van der Waals surface area contributed by atoms with Crippen molar-refractivity contribution in [3.05, 3.63) is 59.1 Å². The molecule has 31 heavy (non-hydrogen) atoms. The van der Waals surface area contributed by atoms with E-state index in [1.54, 1.807) is 34.1 Å². The molecule has 0 bridgehead atoms. The van der Waals surface area contributed by atoms with Gasteiger partial charge in [-0.3, -0.25) is 4.79 Å². The minimum absolute atomic E-state index is 0.0371. The number of hydrogen-bond acceptors (Lipinski definition) is 3. The van der Waals surface area contributed by atoms with Gasteiger partial charge in [0.2, 0.25) is 5.91 Å². The first kappa shape index (κ1) is 22.8. The van der Waals surface area contributed by atoms with Gasteiger partial charge in [0.1, 0.15) is 5.82 Å². The lowest BCUT2D eigenvalue weighted by molar-refractivity contribution is -0.131. The summed E-state index contributed by atoms with van der Waals surface area (Å²) in [5.41, 5.74) is 0.618. The Hall–Kier alpha value is -2.87. The first-order valence-corrected chi connectivity index (χ1v) is 10.5. The lowest BCUT2D eigenvalue weighted by Crippen LogP contribution is -2.39. The summed E-state index contributed by atoms with van der Waals surface area (Å²) < 4.78 is 31.7. The van der Waals surface area contributed by atoms with E-state index in [-0.39, 0.29) is 30.7 Å². The number of amides is 3. The summed E-state index contributed by atoms with van der Waals surface area (Å²) in [4.78, 5) is 28.4. The van der Waals surface area contributed by atoms with E-state index in [0.29, 0.717) is 49.7 Å². The maximum atomic E-state index is 13.5. The molecule has 166 valence electrons. The standard InChI is InChI=1S/C22H24ClF2N3O3/c23-16-4-1-5-18(14-16)26-22(30)28-10-3-9-27(11-12-28)21(29)6-2-13-31-20-8-7-17(24)15-19(20)25/h1,4-5,7-8,14-15H,2-3,6,9-13H2,(H,26,30). The van der Waals surface area contributed by atoms with Crippen LogP contribution >= 0.6 is 11.6 Å². The Morgan fingerprint density at radius 3 is 2.58 bits per heavy atom. The summed E-state index contributed by atoms with van der Waals surface area (Å²) in [5, 5.41) is 3.36. The van der Waals surface area contributed by atoms with E-state index in [4.69, 9.17) is 16.3 Å². The van der Waals surface area contributed by atoms with Gasteiger partial charge in [0.15, 0.2) is 11.6 Å². The lowest BCUT2D eigenvalue weighted by atomic mass is 10.2. The number of carbonyl (C=O) groups excluding carboxylic acids is 2. The van der Waals surface area contributed by atoms with Gasteiger partial charge in [-0.05, 0) is 43.2 Å². The number of rotatable bonds is 6. The fourth-order valence-corrected chi connectivity index (χ4v) is 3.48. The fourth-order valence-electron chi connectivity index (χ4n) is 3.29. The first-order chi connectivity index (χ1) is 14.9. The van der Waals surface area contributed by atoms with Crippen molar-refractivity contribution in [1.82, 2.24) is 9.80 Å². The van der Waals surface area contributed by atoms with Crippen molar-refractivity contribution < 1.29 is 23.1 Å². The highest BCUT2D eigenvalue weighted by atomic mass is 35.5. The second kappa shape index (κ2) is 10.9. The van der Waals surface area contributed by atoms with Crippen molar-refractivity contribution in [3.63, 3.8) is 0 Å². The second-order valence-electron chi connectivity index (χ2n) is 7.19. The monoisotopic (exact) mass is 451 g/mol. The van der Waals surface area contributed by atoms with Crippen LogP contribution in [-0.2, 0) is 4.79 Å². The zero-order chi connectivity index (χ0) is 22.2. The SMILES string of the molecule is O=C(CCCOc1ccc(F)cc1F)N1CCCN(C(=O)Nc2cccc(Cl)c2)CC1. The highest BCUT2D eigenvalue weighted by Gasteiger charge is 2.22. The molecule has 1 fully saturated rings. The first-order valence-electron chi connectivity index (χ1n) is 10.1. The highest BCUT2D eigenvalue weighted by Crippen LogP contribution is 2.18. The van der Waals surface area contributed by atoms with E-state index in [2.05, 4.69) is 5.32 Å². The molecule has 0 saturated carbocycles. The molecule has 0 radical (unpaired) electrons. The molecule has 0 aromatic heterocycles. The summed E-state index contributed by atoms with van der Waals surface area (Å²) in [7, 11) is 0. The summed E-state index contributed by atoms with van der Waals surface area (Å²) in [5.74, 6) is -1.52. The largest absolute Gasteiger partial charge is 0.491 e. The Balaban J connectivity index is 1.41. The van der Waals surface area contributed by atoms with Crippen molar-refractivity contribution in [1.29, 1.82) is 0 Å². The van der Waals surface area contributed by atoms with E-state index in [0.717, 1.165) is 12.1 Å². The maximum absolute atomic E-state index is 13.5. The third kappa shape index (κ3) is 6.82. The molecule has 3 amide bonds. The number of benzene rings is 2. The maximum Gasteiger partial charge on any atom is 0.321 e. The molecule has 9 heteroatoms. The molecule has 1 saturated heterocycles. The molecule has 6 nitrogen and oxygen atoms in total. The molecule has 2 aromatic carbocycles. The highest BCUT2D eigenvalue weighted by molar-refractivity contribution is 6.30. The van der Waals surface area contributed by atoms with Gasteiger partial charge in [0, 0.05) is 49.4 Å². The van der Waals surface area contributed by atoms with Crippen LogP contribution in [0.15, 0.2) is 42.5 Å². The van der Waals surface area contributed by atoms with Gasteiger partial charge in [-0.1, -0.05) is 17.7 Å². The molecule has 1 heterocycles. The number of urea groups is 1. The van der Waals surface area contributed by atoms with Crippen LogP contribution in [0.5, 0.6) is 5.75 Å². The fraction of sp³-hybridized carbons (Fsp3) is 0.364. The van der Waals surface area contributed by atoms with E-state index in [9.17, 15) is 18.4 Å². The van der Waals surface area contributed by atoms with E-state index >= 15 is 0 Å². The molecule has 0 aliphatic carbocycles. The van der Waals surface area contributed by atoms with E-state index < -0.39 is 11.6 Å². The minimum atomic E-state index is -0.769. The summed E-state index contributed by atoms with van der Waals surface area (Å²) in [6.45, 7) is 2.12. The van der Waals surface area contributed by atoms with E-state index in [1.807, 2.05) is 0 Å². The molecule has 2 aromatic rings. The summed E-state index contributed by atoms with van der Waals surface area (Å²) in [6.07, 6.45) is 1.33. The van der Waals surface area contributed by atoms with Crippen LogP contribution in [0.2, 0.25) is 5.02 Å². The molecule has 1 aliphatic rings. The summed E-state index contributed by atoms with van der Waals surface area (Å²) >= 11 is 5.94. The number of anilines is 1. The lowest BCUT2D eigenvalue weighted by Gasteiger charge is -2.22. The second-order valence-corrected chi connectivity index (χ2v) is 7.63. The predicted molar refractivity (Wildman–Crippen MR) is 114 cm³/mol. The number of carbonyl (C=O) groups is 2. The third-order valence-electron chi connectivity index (χ3n) is 4.90. The van der Waals surface area contributed by atoms with Crippen LogP contribution in [0, 0.1) is 11.6 Å². The third-order valence-corrected chi connectivity index (χ3v) is 5.13. The molecule has 0 atom stereocenters. The number of nitrogens with one attached hydrogen (secondary N) is 1. The Morgan fingerprint density at radius 1 is 1.03 bits per heavy atom. The average molecular weight is 452 g/mol. The van der Waals surface area contributed by atoms with E-state index in [1.165, 1.54) is 6.07 Å². The molecule has 3 rings (SSSR count). The van der Waals surface area contributed by atoms with Crippen LogP contribution in [0.4, 0.5) is 19.3 Å². The van der Waals surface area contributed by atoms with Crippen LogP contribution in [0.25, 0.3) is 0 Å². The molecule has 1 N–H and O–H groups in total. The number of ether oxygens (including phenoxy) is 1. The molecular formula is C22H24ClF2N3O3. The molecule has 0 unspecified atom stereocenters. The minimum Gasteiger partial charge on any atom is -0.491 e. The van der Waals surface area contributed by atoms with Crippen LogP contribution in [0.3, 0.4) is 0 Å². The van der Waals surface area contributed by atoms with Gasteiger partial charge in [-0.25, -0.2) is 13.6 Å². The quantitative estimate of drug-likeness (QED) is 0.656. The Kier molecular flexibility index (Phi) is 8.06. The van der Waals surface area contributed by atoms with Crippen molar-refractivity contribution in [2.75, 3.05) is 38.1 Å². The number of hydrogen-bond donors (Lipinski definition) is 1. The van der Waals surface area contributed by atoms with Crippen molar-refractivity contribution in [3.8, 4) is 5.75 Å². The average Bonchev–Trinajstić information content (AvgIpc) is 2.99. The number of halogens is 3. The Bertz CT molecular complexity index is 929. The van der Waals surface area contributed by atoms with Gasteiger partial charge < -0.3 is 19.9 Å². The smallest absolute Gasteiger partial charge is 0.321 e. The normalized spacial score (nSPS) is 14.2. The molecule has 1 aliphatic heterocycles. The Labute approximate surface area is 184 Å². The van der Waals surface area contributed by atoms with Gasteiger partial charge in [-0.15, -0.1) is 0 Å². The van der Waals surface area contributed by atoms with Gasteiger partial charge in [0.25, 0.3) is 0 Å². The van der Waals surface area contributed by atoms with Gasteiger partial charge >= 0.3 is 6.03 Å². The Morgan fingerprint density at radius 2 is 1.81 bits per heavy atom. The van der Waals surface area contributed by atoms with Gasteiger partial charge in [-0.2, -0.15) is 0 Å². The van der Waals surface area contributed by atoms with Crippen molar-refractivity contribution in [2.24, 2.45) is 0 Å². The van der Waals surface area contributed by atoms with Crippen LogP contribution in [-0.4, -0.2) is 54.5 Å². The summed E-state index contributed by atoms with van der Waals surface area (Å²) in [6, 6.07) is 9.80. The topological polar surface area (TPSA) is 61.9 Å². The zero-order valence-electron chi connectivity index (χ0n) is 17.0. The number of nitrogens with zero attached hydrogens (tertiary/aromatic N) is 2. The molecule has 0 spiro atoms. The van der Waals surface area contributed by atoms with Crippen molar-refractivity contribution >= 4 is 29.2 Å². The van der Waals surface area contributed by atoms with Crippen LogP contribution < -0.4 is 10.1 Å². The molecular weight excluding hydrogens is 428 g/mol. The zero-order valence-corrected chi connectivity index (χ0v) is 17.7. The van der Waals surface area contributed by atoms with Crippen molar-refractivity contribution in [2.45, 2.75) is 19.3 Å². The van der Waals surface area contributed by atoms with Crippen LogP contribution in [0.1, 0.15) is 19.3 Å². The van der Waals surface area contributed by atoms with Gasteiger partial charge in [0.05, 0.1) is 6.61 Å². The predicted octanol–water partition coefficient (Wildman–Crippen LogP) is 4.54.